The lowest BCUT2D eigenvalue weighted by atomic mass is 9.90. The van der Waals surface area contributed by atoms with Crippen molar-refractivity contribution in [3.63, 3.8) is 0 Å². The summed E-state index contributed by atoms with van der Waals surface area (Å²) in [7, 11) is 1.57. The smallest absolute Gasteiger partial charge is 0.242 e. The van der Waals surface area contributed by atoms with Gasteiger partial charge in [0.05, 0.1) is 25.9 Å². The van der Waals surface area contributed by atoms with Crippen molar-refractivity contribution in [1.29, 1.82) is 0 Å². The maximum Gasteiger partial charge on any atom is 0.242 e. The van der Waals surface area contributed by atoms with Gasteiger partial charge in [-0.1, -0.05) is 12.8 Å². The SMILES string of the molecule is COc1ncnc(N2CCOC3CCCCC32)c1N. The van der Waals surface area contributed by atoms with E-state index in [1.807, 2.05) is 0 Å². The summed E-state index contributed by atoms with van der Waals surface area (Å²) in [6.45, 7) is 1.55. The van der Waals surface area contributed by atoms with Crippen LogP contribution >= 0.6 is 0 Å². The van der Waals surface area contributed by atoms with Gasteiger partial charge in [0.25, 0.3) is 0 Å². The lowest BCUT2D eigenvalue weighted by molar-refractivity contribution is -0.00894. The van der Waals surface area contributed by atoms with Crippen molar-refractivity contribution in [2.45, 2.75) is 37.8 Å². The second-order valence-electron chi connectivity index (χ2n) is 5.07. The molecule has 1 aromatic heterocycles. The number of methoxy groups -OCH3 is 1. The zero-order valence-electron chi connectivity index (χ0n) is 11.2. The molecule has 1 aliphatic heterocycles. The van der Waals surface area contributed by atoms with Gasteiger partial charge in [-0.25, -0.2) is 4.98 Å². The molecular weight excluding hydrogens is 244 g/mol. The Kier molecular flexibility index (Phi) is 3.42. The Bertz CT molecular complexity index is 452. The summed E-state index contributed by atoms with van der Waals surface area (Å²) in [6.07, 6.45) is 6.57. The Morgan fingerprint density at radius 1 is 1.37 bits per heavy atom. The summed E-state index contributed by atoms with van der Waals surface area (Å²) in [5.74, 6) is 1.23. The third-order valence-corrected chi connectivity index (χ3v) is 4.02. The largest absolute Gasteiger partial charge is 0.479 e. The van der Waals surface area contributed by atoms with Crippen LogP contribution in [0.3, 0.4) is 0 Å². The van der Waals surface area contributed by atoms with E-state index in [0.29, 0.717) is 23.7 Å². The Morgan fingerprint density at radius 2 is 2.21 bits per heavy atom. The Balaban J connectivity index is 1.91. The molecule has 2 fully saturated rings. The quantitative estimate of drug-likeness (QED) is 0.865. The predicted octanol–water partition coefficient (Wildman–Crippen LogP) is 1.22. The zero-order chi connectivity index (χ0) is 13.2. The number of hydrogen-bond donors (Lipinski definition) is 1. The summed E-state index contributed by atoms with van der Waals surface area (Å²) >= 11 is 0. The zero-order valence-corrected chi connectivity index (χ0v) is 11.2. The second kappa shape index (κ2) is 5.21. The number of nitrogens with two attached hydrogens (primary N) is 1. The fourth-order valence-electron chi connectivity index (χ4n) is 3.12. The summed E-state index contributed by atoms with van der Waals surface area (Å²) in [5.41, 5.74) is 6.64. The van der Waals surface area contributed by atoms with Crippen molar-refractivity contribution in [2.75, 3.05) is 30.9 Å². The molecule has 0 aromatic carbocycles. The fourth-order valence-corrected chi connectivity index (χ4v) is 3.12. The summed E-state index contributed by atoms with van der Waals surface area (Å²) in [4.78, 5) is 10.7. The highest BCUT2D eigenvalue weighted by Gasteiger charge is 2.36. The maximum absolute atomic E-state index is 6.11. The van der Waals surface area contributed by atoms with Crippen LogP contribution < -0.4 is 15.4 Å². The molecule has 0 bridgehead atoms. The van der Waals surface area contributed by atoms with Gasteiger partial charge in [-0.3, -0.25) is 0 Å². The molecular formula is C13H20N4O2. The van der Waals surface area contributed by atoms with E-state index < -0.39 is 0 Å². The molecule has 1 aromatic rings. The molecule has 6 nitrogen and oxygen atoms in total. The Morgan fingerprint density at radius 3 is 3.05 bits per heavy atom. The maximum atomic E-state index is 6.11. The lowest BCUT2D eigenvalue weighted by Gasteiger charge is -2.44. The van der Waals surface area contributed by atoms with E-state index in [1.54, 1.807) is 7.11 Å². The number of nitrogen functional groups attached to an aromatic ring is 1. The van der Waals surface area contributed by atoms with E-state index >= 15 is 0 Å². The van der Waals surface area contributed by atoms with Gasteiger partial charge in [-0.2, -0.15) is 4.98 Å². The van der Waals surface area contributed by atoms with Crippen LogP contribution in [0.2, 0.25) is 0 Å². The van der Waals surface area contributed by atoms with Crippen molar-refractivity contribution < 1.29 is 9.47 Å². The minimum Gasteiger partial charge on any atom is -0.479 e. The molecule has 0 spiro atoms. The third-order valence-electron chi connectivity index (χ3n) is 4.02. The number of morpholine rings is 1. The molecule has 6 heteroatoms. The van der Waals surface area contributed by atoms with Gasteiger partial charge >= 0.3 is 0 Å². The molecule has 2 atom stereocenters. The summed E-state index contributed by atoms with van der Waals surface area (Å²) in [5, 5.41) is 0. The molecule has 3 rings (SSSR count). The first-order valence-corrected chi connectivity index (χ1v) is 6.84. The second-order valence-corrected chi connectivity index (χ2v) is 5.07. The number of aromatic nitrogens is 2. The van der Waals surface area contributed by atoms with E-state index in [1.165, 1.54) is 19.2 Å². The molecule has 1 saturated carbocycles. The molecule has 0 radical (unpaired) electrons. The van der Waals surface area contributed by atoms with Gasteiger partial charge < -0.3 is 20.1 Å². The average Bonchev–Trinajstić information content (AvgIpc) is 2.47. The van der Waals surface area contributed by atoms with Crippen LogP contribution in [0.25, 0.3) is 0 Å². The fraction of sp³-hybridized carbons (Fsp3) is 0.692. The van der Waals surface area contributed by atoms with Gasteiger partial charge in [0.1, 0.15) is 12.0 Å². The molecule has 2 heterocycles. The number of anilines is 2. The standard InChI is InChI=1S/C13H20N4O2/c1-18-13-11(14)12(15-8-16-13)17-6-7-19-10-5-3-2-4-9(10)17/h8-10H,2-7,14H2,1H3. The van der Waals surface area contributed by atoms with Crippen molar-refractivity contribution in [2.24, 2.45) is 0 Å². The van der Waals surface area contributed by atoms with Crippen LogP contribution in [0.1, 0.15) is 25.7 Å². The Labute approximate surface area is 112 Å². The van der Waals surface area contributed by atoms with E-state index in [9.17, 15) is 0 Å². The van der Waals surface area contributed by atoms with E-state index in [-0.39, 0.29) is 0 Å². The molecule has 2 unspecified atom stereocenters. The number of fused-ring (bicyclic) bond motifs is 1. The van der Waals surface area contributed by atoms with E-state index in [2.05, 4.69) is 14.9 Å². The number of ether oxygens (including phenoxy) is 2. The minimum absolute atomic E-state index is 0.308. The van der Waals surface area contributed by atoms with Gasteiger partial charge in [0, 0.05) is 6.54 Å². The van der Waals surface area contributed by atoms with E-state index in [0.717, 1.165) is 31.8 Å². The van der Waals surface area contributed by atoms with Crippen LogP contribution in [0, 0.1) is 0 Å². The average molecular weight is 264 g/mol. The first kappa shape index (κ1) is 12.5. The van der Waals surface area contributed by atoms with E-state index in [4.69, 9.17) is 15.2 Å². The molecule has 2 N–H and O–H groups in total. The predicted molar refractivity (Wildman–Crippen MR) is 72.3 cm³/mol. The van der Waals surface area contributed by atoms with Crippen LogP contribution in [-0.4, -0.2) is 42.4 Å². The third kappa shape index (κ3) is 2.20. The topological polar surface area (TPSA) is 73.5 Å². The molecule has 2 aliphatic rings. The van der Waals surface area contributed by atoms with Gasteiger partial charge in [0.2, 0.25) is 5.88 Å². The monoisotopic (exact) mass is 264 g/mol. The Hall–Kier alpha value is -1.56. The summed E-state index contributed by atoms with van der Waals surface area (Å²) in [6, 6.07) is 0.379. The van der Waals surface area contributed by atoms with Crippen LogP contribution in [-0.2, 0) is 4.74 Å². The first-order valence-electron chi connectivity index (χ1n) is 6.84. The highest BCUT2D eigenvalue weighted by Crippen LogP contribution is 2.35. The van der Waals surface area contributed by atoms with Crippen molar-refractivity contribution in [3.05, 3.63) is 6.33 Å². The lowest BCUT2D eigenvalue weighted by Crippen LogP contribution is -2.53. The molecule has 0 amide bonds. The van der Waals surface area contributed by atoms with Crippen LogP contribution in [0.15, 0.2) is 6.33 Å². The number of rotatable bonds is 2. The number of nitrogens with zero attached hydrogens (tertiary/aromatic N) is 3. The molecule has 104 valence electrons. The van der Waals surface area contributed by atoms with Crippen molar-refractivity contribution >= 4 is 11.5 Å². The first-order chi connectivity index (χ1) is 9.31. The molecule has 1 aliphatic carbocycles. The van der Waals surface area contributed by atoms with Gasteiger partial charge in [-0.15, -0.1) is 0 Å². The molecule has 1 saturated heterocycles. The highest BCUT2D eigenvalue weighted by molar-refractivity contribution is 5.68. The van der Waals surface area contributed by atoms with Crippen LogP contribution in [0.5, 0.6) is 5.88 Å². The van der Waals surface area contributed by atoms with Crippen LogP contribution in [0.4, 0.5) is 11.5 Å². The van der Waals surface area contributed by atoms with Crippen molar-refractivity contribution in [3.8, 4) is 5.88 Å². The number of hydrogen-bond acceptors (Lipinski definition) is 6. The highest BCUT2D eigenvalue weighted by atomic mass is 16.5. The normalized spacial score (nSPS) is 26.9. The summed E-state index contributed by atoms with van der Waals surface area (Å²) < 4.78 is 11.1. The minimum atomic E-state index is 0.308. The van der Waals surface area contributed by atoms with Gasteiger partial charge in [0.15, 0.2) is 5.82 Å². The van der Waals surface area contributed by atoms with Gasteiger partial charge in [-0.05, 0) is 12.8 Å². The molecule has 19 heavy (non-hydrogen) atoms. The van der Waals surface area contributed by atoms with Crippen molar-refractivity contribution in [1.82, 2.24) is 9.97 Å².